The summed E-state index contributed by atoms with van der Waals surface area (Å²) in [6.45, 7) is 0.499. The summed E-state index contributed by atoms with van der Waals surface area (Å²) in [7, 11) is 3.23. The number of amides is 2. The molecular weight excluding hydrogens is 572 g/mol. The standard InChI is InChI=1S/C36H30N2O7/c1-41-27-16-12-24(13-17-27)22-43-32-20-31(37-21-33(32)44-23-25-14-18-28(42-2)19-15-25)34(26-8-4-3-5-9-26)45-38-35(39)29-10-6-7-11-30(29)36(38)40/h3-21,34H,22-23H2,1-2H3. The summed E-state index contributed by atoms with van der Waals surface area (Å²) in [5, 5.41) is 0.802. The van der Waals surface area contributed by atoms with Crippen LogP contribution in [0.5, 0.6) is 23.0 Å². The van der Waals surface area contributed by atoms with Gasteiger partial charge in [0.05, 0.1) is 37.2 Å². The molecule has 1 unspecified atom stereocenters. The van der Waals surface area contributed by atoms with Crippen LogP contribution in [0.3, 0.4) is 0 Å². The molecule has 0 saturated heterocycles. The lowest BCUT2D eigenvalue weighted by molar-refractivity contribution is -0.122. The average Bonchev–Trinajstić information content (AvgIpc) is 3.34. The van der Waals surface area contributed by atoms with Crippen molar-refractivity contribution < 1.29 is 33.4 Å². The number of benzene rings is 4. The van der Waals surface area contributed by atoms with E-state index in [4.69, 9.17) is 23.8 Å². The van der Waals surface area contributed by atoms with Gasteiger partial charge in [-0.1, -0.05) is 66.7 Å². The molecule has 1 aliphatic heterocycles. The van der Waals surface area contributed by atoms with E-state index in [1.807, 2.05) is 78.9 Å². The van der Waals surface area contributed by atoms with Gasteiger partial charge >= 0.3 is 0 Å². The Morgan fingerprint density at radius 3 is 1.69 bits per heavy atom. The zero-order valence-electron chi connectivity index (χ0n) is 24.7. The van der Waals surface area contributed by atoms with E-state index in [0.717, 1.165) is 27.7 Å². The number of ether oxygens (including phenoxy) is 4. The number of hydrogen-bond donors (Lipinski definition) is 0. The van der Waals surface area contributed by atoms with Gasteiger partial charge in [0.1, 0.15) is 24.7 Å². The molecule has 9 nitrogen and oxygen atoms in total. The van der Waals surface area contributed by atoms with Crippen LogP contribution in [-0.2, 0) is 18.1 Å². The Labute approximate surface area is 260 Å². The molecule has 0 N–H and O–H groups in total. The van der Waals surface area contributed by atoms with Crippen molar-refractivity contribution in [1.82, 2.24) is 10.0 Å². The topological polar surface area (TPSA) is 96.4 Å². The van der Waals surface area contributed by atoms with Crippen molar-refractivity contribution in [2.24, 2.45) is 0 Å². The van der Waals surface area contributed by atoms with Crippen molar-refractivity contribution in [2.75, 3.05) is 14.2 Å². The van der Waals surface area contributed by atoms with Gasteiger partial charge in [-0.3, -0.25) is 14.6 Å². The zero-order chi connectivity index (χ0) is 31.2. The van der Waals surface area contributed by atoms with Crippen molar-refractivity contribution in [3.63, 3.8) is 0 Å². The van der Waals surface area contributed by atoms with Crippen LogP contribution in [0, 0.1) is 0 Å². The fourth-order valence-electron chi connectivity index (χ4n) is 4.85. The Balaban J connectivity index is 1.32. The quantitative estimate of drug-likeness (QED) is 0.148. The molecule has 0 saturated carbocycles. The molecule has 1 atom stereocenters. The molecule has 0 radical (unpaired) electrons. The van der Waals surface area contributed by atoms with E-state index in [1.54, 1.807) is 50.7 Å². The Morgan fingerprint density at radius 1 is 0.644 bits per heavy atom. The molecule has 0 bridgehead atoms. The molecular formula is C36H30N2O7. The number of hydrogen-bond acceptors (Lipinski definition) is 8. The number of carbonyl (C=O) groups excluding carboxylic acids is 2. The van der Waals surface area contributed by atoms with Gasteiger partial charge < -0.3 is 18.9 Å². The highest BCUT2D eigenvalue weighted by molar-refractivity contribution is 6.20. The van der Waals surface area contributed by atoms with Crippen molar-refractivity contribution in [2.45, 2.75) is 19.3 Å². The summed E-state index contributed by atoms with van der Waals surface area (Å²) in [6, 6.07) is 32.7. The molecule has 0 spiro atoms. The Bertz CT molecular complexity index is 1760. The largest absolute Gasteiger partial charge is 0.497 e. The number of pyridine rings is 1. The molecule has 45 heavy (non-hydrogen) atoms. The van der Waals surface area contributed by atoms with Crippen molar-refractivity contribution in [3.05, 3.63) is 149 Å². The van der Waals surface area contributed by atoms with Crippen LogP contribution >= 0.6 is 0 Å². The highest BCUT2D eigenvalue weighted by atomic mass is 16.7. The Hall–Kier alpha value is -5.67. The van der Waals surface area contributed by atoms with Crippen LogP contribution in [-0.4, -0.2) is 36.1 Å². The third kappa shape index (κ3) is 6.48. The summed E-state index contributed by atoms with van der Waals surface area (Å²) in [6.07, 6.45) is 0.650. The van der Waals surface area contributed by atoms with Gasteiger partial charge in [0, 0.05) is 6.07 Å². The van der Waals surface area contributed by atoms with E-state index < -0.39 is 17.9 Å². The number of fused-ring (bicyclic) bond motifs is 1. The highest BCUT2D eigenvalue weighted by Crippen LogP contribution is 2.36. The molecule has 2 amide bonds. The fraction of sp³-hybridized carbons (Fsp3) is 0.139. The monoisotopic (exact) mass is 602 g/mol. The third-order valence-corrected chi connectivity index (χ3v) is 7.30. The second kappa shape index (κ2) is 13.3. The van der Waals surface area contributed by atoms with E-state index in [9.17, 15) is 9.59 Å². The molecule has 4 aromatic carbocycles. The van der Waals surface area contributed by atoms with Gasteiger partial charge in [0.15, 0.2) is 17.6 Å². The molecule has 6 rings (SSSR count). The normalized spacial score (nSPS) is 12.9. The first-order valence-corrected chi connectivity index (χ1v) is 14.2. The first-order chi connectivity index (χ1) is 22.0. The first kappa shape index (κ1) is 29.4. The minimum atomic E-state index is -0.910. The molecule has 0 fully saturated rings. The maximum Gasteiger partial charge on any atom is 0.285 e. The summed E-state index contributed by atoms with van der Waals surface area (Å²) >= 11 is 0. The number of carbonyl (C=O) groups is 2. The minimum absolute atomic E-state index is 0.238. The van der Waals surface area contributed by atoms with Gasteiger partial charge in [0.2, 0.25) is 0 Å². The number of hydroxylamine groups is 2. The highest BCUT2D eigenvalue weighted by Gasteiger charge is 2.39. The molecule has 0 aliphatic carbocycles. The van der Waals surface area contributed by atoms with E-state index in [2.05, 4.69) is 4.98 Å². The minimum Gasteiger partial charge on any atom is -0.497 e. The molecule has 9 heteroatoms. The average molecular weight is 603 g/mol. The predicted molar refractivity (Wildman–Crippen MR) is 165 cm³/mol. The Morgan fingerprint density at radius 2 is 1.16 bits per heavy atom. The van der Waals surface area contributed by atoms with Crippen molar-refractivity contribution in [3.8, 4) is 23.0 Å². The molecule has 226 valence electrons. The lowest BCUT2D eigenvalue weighted by atomic mass is 10.1. The van der Waals surface area contributed by atoms with Gasteiger partial charge in [-0.25, -0.2) is 4.84 Å². The Kier molecular flexibility index (Phi) is 8.70. The second-order valence-electron chi connectivity index (χ2n) is 10.2. The van der Waals surface area contributed by atoms with E-state index in [-0.39, 0.29) is 24.3 Å². The van der Waals surface area contributed by atoms with Crippen molar-refractivity contribution in [1.29, 1.82) is 0 Å². The number of nitrogens with zero attached hydrogens (tertiary/aromatic N) is 2. The predicted octanol–water partition coefficient (Wildman–Crippen LogP) is 6.57. The number of methoxy groups -OCH3 is 2. The summed E-state index contributed by atoms with van der Waals surface area (Å²) in [4.78, 5) is 37.2. The lowest BCUT2D eigenvalue weighted by Gasteiger charge is -2.23. The first-order valence-electron chi connectivity index (χ1n) is 14.2. The SMILES string of the molecule is COc1ccc(COc2cnc(C(ON3C(=O)c4ccccc4C3=O)c3ccccc3)cc2OCc2ccc(OC)cc2)cc1. The summed E-state index contributed by atoms with van der Waals surface area (Å²) < 4.78 is 23.0. The molecule has 1 aliphatic rings. The van der Waals surface area contributed by atoms with E-state index >= 15 is 0 Å². The van der Waals surface area contributed by atoms with Crippen molar-refractivity contribution >= 4 is 11.8 Å². The summed E-state index contributed by atoms with van der Waals surface area (Å²) in [5.74, 6) is 1.24. The van der Waals surface area contributed by atoms with E-state index in [0.29, 0.717) is 22.8 Å². The number of aromatic nitrogens is 1. The third-order valence-electron chi connectivity index (χ3n) is 7.30. The van der Waals surface area contributed by atoms with E-state index in [1.165, 1.54) is 0 Å². The van der Waals surface area contributed by atoms with Gasteiger partial charge in [-0.05, 0) is 53.1 Å². The maximum absolute atomic E-state index is 13.2. The zero-order valence-corrected chi connectivity index (χ0v) is 24.7. The summed E-state index contributed by atoms with van der Waals surface area (Å²) in [5.41, 5.74) is 3.52. The van der Waals surface area contributed by atoms with Gasteiger partial charge in [-0.2, -0.15) is 0 Å². The van der Waals surface area contributed by atoms with Crippen LogP contribution < -0.4 is 18.9 Å². The fourth-order valence-corrected chi connectivity index (χ4v) is 4.85. The van der Waals surface area contributed by atoms with Crippen LogP contribution in [0.2, 0.25) is 0 Å². The lowest BCUT2D eigenvalue weighted by Crippen LogP contribution is -2.32. The van der Waals surface area contributed by atoms with Gasteiger partial charge in [-0.15, -0.1) is 5.06 Å². The maximum atomic E-state index is 13.2. The number of imide groups is 1. The molecule has 1 aromatic heterocycles. The van der Waals surface area contributed by atoms with Crippen LogP contribution in [0.15, 0.2) is 115 Å². The number of rotatable bonds is 12. The van der Waals surface area contributed by atoms with Gasteiger partial charge in [0.25, 0.3) is 11.8 Å². The van der Waals surface area contributed by atoms with Crippen LogP contribution in [0.1, 0.15) is 49.2 Å². The molecule has 5 aromatic rings. The van der Waals surface area contributed by atoms with Crippen LogP contribution in [0.4, 0.5) is 0 Å². The van der Waals surface area contributed by atoms with Crippen LogP contribution in [0.25, 0.3) is 0 Å². The smallest absolute Gasteiger partial charge is 0.285 e. The molecule has 2 heterocycles. The second-order valence-corrected chi connectivity index (χ2v) is 10.2.